The maximum atomic E-state index is 13.0. The first-order valence-electron chi connectivity index (χ1n) is 30.1. The number of unbranched alkanes of at least 4 members (excludes halogenated alkanes) is 40. The van der Waals surface area contributed by atoms with Gasteiger partial charge in [-0.3, -0.25) is 4.79 Å². The number of allylic oxidation sites excluding steroid dienone is 3. The monoisotopic (exact) mass is 978 g/mol. The van der Waals surface area contributed by atoms with Crippen LogP contribution < -0.4 is 5.32 Å². The molecule has 1 fully saturated rings. The molecule has 0 bridgehead atoms. The summed E-state index contributed by atoms with van der Waals surface area (Å²) in [5.41, 5.74) is 0. The fraction of sp³-hybridized carbons (Fsp3) is 0.917. The Morgan fingerprint density at radius 1 is 0.478 bits per heavy atom. The summed E-state index contributed by atoms with van der Waals surface area (Å²) in [5, 5.41) is 54.1. The van der Waals surface area contributed by atoms with E-state index in [4.69, 9.17) is 9.47 Å². The van der Waals surface area contributed by atoms with Crippen LogP contribution in [0.2, 0.25) is 0 Å². The molecular formula is C60H115NO8. The summed E-state index contributed by atoms with van der Waals surface area (Å²) < 4.78 is 11.2. The molecule has 1 amide bonds. The largest absolute Gasteiger partial charge is 0.394 e. The SMILES string of the molecule is CCCC/C=C/CC/C=C/C(O)C(COC1OC(CO)C(O)C(O)C1O)NC(=O)CCCCCCCCCCCCCCCCCCCCCCCCCCCCCCCCCCCCCCCC. The normalized spacial score (nSPS) is 19.6. The third-order valence-corrected chi connectivity index (χ3v) is 14.5. The van der Waals surface area contributed by atoms with Gasteiger partial charge in [-0.05, 0) is 25.7 Å². The van der Waals surface area contributed by atoms with Gasteiger partial charge in [0.2, 0.25) is 5.91 Å². The number of carbonyl (C=O) groups excluding carboxylic acids is 1. The van der Waals surface area contributed by atoms with E-state index in [1.807, 2.05) is 6.08 Å². The maximum absolute atomic E-state index is 13.0. The Morgan fingerprint density at radius 2 is 0.826 bits per heavy atom. The number of aliphatic hydroxyl groups excluding tert-OH is 5. The quantitative estimate of drug-likeness (QED) is 0.0261. The van der Waals surface area contributed by atoms with Gasteiger partial charge in [0.05, 0.1) is 25.4 Å². The minimum Gasteiger partial charge on any atom is -0.394 e. The van der Waals surface area contributed by atoms with Crippen molar-refractivity contribution >= 4 is 5.91 Å². The second-order valence-corrected chi connectivity index (χ2v) is 21.1. The first-order valence-corrected chi connectivity index (χ1v) is 30.1. The van der Waals surface area contributed by atoms with Gasteiger partial charge in [-0.15, -0.1) is 0 Å². The predicted octanol–water partition coefficient (Wildman–Crippen LogP) is 15.0. The van der Waals surface area contributed by atoms with Crippen molar-refractivity contribution in [2.24, 2.45) is 0 Å². The molecule has 9 heteroatoms. The number of rotatable bonds is 52. The summed E-state index contributed by atoms with van der Waals surface area (Å²) in [6.07, 6.45) is 57.6. The molecule has 1 saturated heterocycles. The summed E-state index contributed by atoms with van der Waals surface area (Å²) in [6, 6.07) is -0.816. The fourth-order valence-corrected chi connectivity index (χ4v) is 9.75. The first kappa shape index (κ1) is 65.7. The highest BCUT2D eigenvalue weighted by Crippen LogP contribution is 2.23. The second kappa shape index (κ2) is 50.2. The zero-order chi connectivity index (χ0) is 50.1. The Balaban J connectivity index is 1.96. The Morgan fingerprint density at radius 3 is 1.20 bits per heavy atom. The molecule has 1 aliphatic rings. The van der Waals surface area contributed by atoms with Crippen molar-refractivity contribution in [2.75, 3.05) is 13.2 Å². The molecule has 69 heavy (non-hydrogen) atoms. The van der Waals surface area contributed by atoms with Crippen LogP contribution >= 0.6 is 0 Å². The molecule has 9 nitrogen and oxygen atoms in total. The van der Waals surface area contributed by atoms with Gasteiger partial charge >= 0.3 is 0 Å². The molecule has 7 unspecified atom stereocenters. The number of carbonyl (C=O) groups is 1. The molecule has 1 aliphatic heterocycles. The summed E-state index contributed by atoms with van der Waals surface area (Å²) in [7, 11) is 0. The molecule has 0 saturated carbocycles. The van der Waals surface area contributed by atoms with Crippen LogP contribution in [-0.2, 0) is 14.3 Å². The molecule has 0 aromatic heterocycles. The third kappa shape index (κ3) is 39.8. The van der Waals surface area contributed by atoms with Crippen molar-refractivity contribution in [1.29, 1.82) is 0 Å². The number of aliphatic hydroxyl groups is 5. The molecule has 0 aromatic rings. The number of hydrogen-bond donors (Lipinski definition) is 6. The lowest BCUT2D eigenvalue weighted by atomic mass is 9.99. The van der Waals surface area contributed by atoms with Crippen LogP contribution in [0.25, 0.3) is 0 Å². The van der Waals surface area contributed by atoms with Crippen molar-refractivity contribution < 1.29 is 39.8 Å². The maximum Gasteiger partial charge on any atom is 0.220 e. The molecule has 0 aromatic carbocycles. The highest BCUT2D eigenvalue weighted by atomic mass is 16.7. The zero-order valence-electron chi connectivity index (χ0n) is 45.3. The standard InChI is InChI=1S/C60H115NO8/c1-3-5-7-9-11-13-14-15-16-17-18-19-20-21-22-23-24-25-26-27-28-29-30-31-32-33-34-35-36-37-38-39-40-41-42-44-46-48-50-56(64)61-53(54(63)49-47-45-43-12-10-8-6-4-2)52-68-60-59(67)58(66)57(65)55(51-62)69-60/h10,12,47,49,53-55,57-60,62-63,65-67H,3-9,11,13-46,48,50-52H2,1-2H3,(H,61,64)/b12-10+,49-47+. The van der Waals surface area contributed by atoms with Crippen LogP contribution in [0.1, 0.15) is 296 Å². The number of nitrogens with one attached hydrogen (secondary N) is 1. The van der Waals surface area contributed by atoms with Crippen molar-refractivity contribution in [1.82, 2.24) is 5.32 Å². The van der Waals surface area contributed by atoms with E-state index in [1.54, 1.807) is 6.08 Å². The van der Waals surface area contributed by atoms with Gasteiger partial charge < -0.3 is 40.3 Å². The van der Waals surface area contributed by atoms with E-state index in [-0.39, 0.29) is 12.5 Å². The van der Waals surface area contributed by atoms with Crippen molar-refractivity contribution in [2.45, 2.75) is 339 Å². The zero-order valence-corrected chi connectivity index (χ0v) is 45.3. The van der Waals surface area contributed by atoms with Crippen LogP contribution in [-0.4, -0.2) is 87.5 Å². The Labute approximate surface area is 426 Å². The average molecular weight is 979 g/mol. The van der Waals surface area contributed by atoms with Gasteiger partial charge in [0.15, 0.2) is 6.29 Å². The molecule has 408 valence electrons. The second-order valence-electron chi connectivity index (χ2n) is 21.1. The van der Waals surface area contributed by atoms with Gasteiger partial charge in [0, 0.05) is 6.42 Å². The molecule has 0 spiro atoms. The van der Waals surface area contributed by atoms with Crippen LogP contribution in [0.4, 0.5) is 0 Å². The van der Waals surface area contributed by atoms with E-state index in [0.29, 0.717) is 6.42 Å². The molecular weight excluding hydrogens is 863 g/mol. The van der Waals surface area contributed by atoms with E-state index in [9.17, 15) is 30.3 Å². The minimum absolute atomic E-state index is 0.185. The van der Waals surface area contributed by atoms with Crippen LogP contribution in [0.3, 0.4) is 0 Å². The number of amides is 1. The number of hydrogen-bond acceptors (Lipinski definition) is 8. The van der Waals surface area contributed by atoms with Gasteiger partial charge in [-0.25, -0.2) is 0 Å². The fourth-order valence-electron chi connectivity index (χ4n) is 9.75. The smallest absolute Gasteiger partial charge is 0.220 e. The Hall–Kier alpha value is -1.33. The average Bonchev–Trinajstić information content (AvgIpc) is 3.35. The summed E-state index contributed by atoms with van der Waals surface area (Å²) in [4.78, 5) is 13.0. The van der Waals surface area contributed by atoms with E-state index < -0.39 is 49.5 Å². The third-order valence-electron chi connectivity index (χ3n) is 14.5. The van der Waals surface area contributed by atoms with Crippen LogP contribution in [0.15, 0.2) is 24.3 Å². The minimum atomic E-state index is -1.57. The van der Waals surface area contributed by atoms with Crippen LogP contribution in [0, 0.1) is 0 Å². The van der Waals surface area contributed by atoms with Gasteiger partial charge in [-0.1, -0.05) is 289 Å². The Bertz CT molecular complexity index is 1130. The molecule has 0 aliphatic carbocycles. The van der Waals surface area contributed by atoms with Crippen LogP contribution in [0.5, 0.6) is 0 Å². The summed E-state index contributed by atoms with van der Waals surface area (Å²) in [5.74, 6) is -0.185. The van der Waals surface area contributed by atoms with Gasteiger partial charge in [0.1, 0.15) is 24.4 Å². The lowest BCUT2D eigenvalue weighted by molar-refractivity contribution is -0.302. The molecule has 0 radical (unpaired) electrons. The number of ether oxygens (including phenoxy) is 2. The lowest BCUT2D eigenvalue weighted by Crippen LogP contribution is -2.60. The highest BCUT2D eigenvalue weighted by Gasteiger charge is 2.44. The van der Waals surface area contributed by atoms with Crippen molar-refractivity contribution in [3.05, 3.63) is 24.3 Å². The first-order chi connectivity index (χ1) is 33.8. The molecule has 7 atom stereocenters. The predicted molar refractivity (Wildman–Crippen MR) is 290 cm³/mol. The molecule has 1 heterocycles. The van der Waals surface area contributed by atoms with E-state index in [2.05, 4.69) is 31.3 Å². The Kier molecular flexibility index (Phi) is 47.8. The van der Waals surface area contributed by atoms with Crippen molar-refractivity contribution in [3.8, 4) is 0 Å². The topological polar surface area (TPSA) is 149 Å². The summed E-state index contributed by atoms with van der Waals surface area (Å²) in [6.45, 7) is 3.71. The van der Waals surface area contributed by atoms with E-state index in [1.165, 1.54) is 231 Å². The lowest BCUT2D eigenvalue weighted by Gasteiger charge is -2.40. The van der Waals surface area contributed by atoms with E-state index >= 15 is 0 Å². The van der Waals surface area contributed by atoms with Gasteiger partial charge in [0.25, 0.3) is 0 Å². The summed E-state index contributed by atoms with van der Waals surface area (Å²) >= 11 is 0. The van der Waals surface area contributed by atoms with E-state index in [0.717, 1.165) is 44.9 Å². The highest BCUT2D eigenvalue weighted by molar-refractivity contribution is 5.76. The van der Waals surface area contributed by atoms with Crippen molar-refractivity contribution in [3.63, 3.8) is 0 Å². The molecule has 1 rings (SSSR count). The van der Waals surface area contributed by atoms with Gasteiger partial charge in [-0.2, -0.15) is 0 Å². The molecule has 6 N–H and O–H groups in total.